The number of carbonyl (C=O) groups excluding carboxylic acids is 2. The smallest absolute Gasteiger partial charge is 0.323 e. The van der Waals surface area contributed by atoms with Gasteiger partial charge in [0.05, 0.1) is 11.3 Å². The van der Waals surface area contributed by atoms with Crippen LogP contribution in [0.15, 0.2) is 29.2 Å². The molecule has 2 rings (SSSR count). The SMILES string of the molecule is CN(CC(=O)O)C(=O)c1ccccc1SCC(=O)NCC1CCCCC1. The topological polar surface area (TPSA) is 86.7 Å². The Morgan fingerprint density at radius 2 is 1.88 bits per heavy atom. The molecule has 0 radical (unpaired) electrons. The van der Waals surface area contributed by atoms with Gasteiger partial charge in [-0.25, -0.2) is 0 Å². The third-order valence-electron chi connectivity index (χ3n) is 4.51. The number of thioether (sulfide) groups is 1. The molecule has 7 heteroatoms. The lowest BCUT2D eigenvalue weighted by Gasteiger charge is -2.21. The predicted octanol–water partition coefficient (Wildman–Crippen LogP) is 2.63. The molecule has 142 valence electrons. The fourth-order valence-corrected chi connectivity index (χ4v) is 3.97. The van der Waals surface area contributed by atoms with Gasteiger partial charge in [-0.3, -0.25) is 14.4 Å². The van der Waals surface area contributed by atoms with Crippen LogP contribution in [0.2, 0.25) is 0 Å². The van der Waals surface area contributed by atoms with Crippen LogP contribution in [0, 0.1) is 5.92 Å². The molecule has 26 heavy (non-hydrogen) atoms. The molecule has 6 nitrogen and oxygen atoms in total. The summed E-state index contributed by atoms with van der Waals surface area (Å²) in [5, 5.41) is 11.8. The highest BCUT2D eigenvalue weighted by molar-refractivity contribution is 8.00. The van der Waals surface area contributed by atoms with Crippen molar-refractivity contribution in [1.82, 2.24) is 10.2 Å². The van der Waals surface area contributed by atoms with Gasteiger partial charge >= 0.3 is 5.97 Å². The summed E-state index contributed by atoms with van der Waals surface area (Å²) in [6.45, 7) is 0.362. The first-order valence-corrected chi connectivity index (χ1v) is 9.91. The minimum Gasteiger partial charge on any atom is -0.480 e. The Hall–Kier alpha value is -2.02. The van der Waals surface area contributed by atoms with Gasteiger partial charge in [0, 0.05) is 18.5 Å². The number of nitrogens with zero attached hydrogens (tertiary/aromatic N) is 1. The van der Waals surface area contributed by atoms with E-state index >= 15 is 0 Å². The number of aliphatic carboxylic acids is 1. The van der Waals surface area contributed by atoms with Crippen molar-refractivity contribution in [2.45, 2.75) is 37.0 Å². The van der Waals surface area contributed by atoms with Crippen molar-refractivity contribution in [3.8, 4) is 0 Å². The molecule has 1 aromatic rings. The summed E-state index contributed by atoms with van der Waals surface area (Å²) in [6, 6.07) is 6.97. The van der Waals surface area contributed by atoms with Gasteiger partial charge in [-0.15, -0.1) is 11.8 Å². The molecule has 0 spiro atoms. The van der Waals surface area contributed by atoms with Crippen LogP contribution in [0.5, 0.6) is 0 Å². The molecular weight excluding hydrogens is 352 g/mol. The number of likely N-dealkylation sites (N-methyl/N-ethyl adjacent to an activating group) is 1. The monoisotopic (exact) mass is 378 g/mol. The van der Waals surface area contributed by atoms with Crippen LogP contribution in [0.25, 0.3) is 0 Å². The van der Waals surface area contributed by atoms with Crippen molar-refractivity contribution in [2.75, 3.05) is 25.9 Å². The second-order valence-corrected chi connectivity index (χ2v) is 7.67. The maximum absolute atomic E-state index is 12.4. The molecule has 1 aliphatic carbocycles. The van der Waals surface area contributed by atoms with Crippen LogP contribution in [0.4, 0.5) is 0 Å². The number of nitrogens with one attached hydrogen (secondary N) is 1. The Labute approximate surface area is 158 Å². The molecule has 1 aliphatic rings. The maximum Gasteiger partial charge on any atom is 0.323 e. The molecular formula is C19H26N2O4S. The summed E-state index contributed by atoms with van der Waals surface area (Å²) in [4.78, 5) is 37.2. The van der Waals surface area contributed by atoms with Crippen LogP contribution in [0.1, 0.15) is 42.5 Å². The minimum atomic E-state index is -1.06. The van der Waals surface area contributed by atoms with Gasteiger partial charge in [0.2, 0.25) is 5.91 Å². The average molecular weight is 378 g/mol. The van der Waals surface area contributed by atoms with Crippen LogP contribution in [0.3, 0.4) is 0 Å². The number of hydrogen-bond acceptors (Lipinski definition) is 4. The Bertz CT molecular complexity index is 644. The highest BCUT2D eigenvalue weighted by Gasteiger charge is 2.19. The van der Waals surface area contributed by atoms with E-state index in [-0.39, 0.29) is 24.1 Å². The maximum atomic E-state index is 12.4. The Kier molecular flexibility index (Phi) is 7.97. The highest BCUT2D eigenvalue weighted by Crippen LogP contribution is 2.24. The van der Waals surface area contributed by atoms with E-state index in [4.69, 9.17) is 5.11 Å². The lowest BCUT2D eigenvalue weighted by Crippen LogP contribution is -2.32. The molecule has 0 unspecified atom stereocenters. The fraction of sp³-hybridized carbons (Fsp3) is 0.526. The summed E-state index contributed by atoms with van der Waals surface area (Å²) in [7, 11) is 1.45. The largest absolute Gasteiger partial charge is 0.480 e. The zero-order valence-electron chi connectivity index (χ0n) is 15.1. The molecule has 1 aromatic carbocycles. The van der Waals surface area contributed by atoms with E-state index in [0.717, 1.165) is 11.4 Å². The van der Waals surface area contributed by atoms with Gasteiger partial charge < -0.3 is 15.3 Å². The van der Waals surface area contributed by atoms with Gasteiger partial charge in [-0.05, 0) is 30.9 Å². The number of carbonyl (C=O) groups is 3. The van der Waals surface area contributed by atoms with Crippen LogP contribution in [-0.2, 0) is 9.59 Å². The van der Waals surface area contributed by atoms with Crippen molar-refractivity contribution in [3.05, 3.63) is 29.8 Å². The second kappa shape index (κ2) is 10.2. The number of carboxylic acids is 1. The minimum absolute atomic E-state index is 0.0401. The molecule has 2 amide bonds. The summed E-state index contributed by atoms with van der Waals surface area (Å²) < 4.78 is 0. The molecule has 1 saturated carbocycles. The van der Waals surface area contributed by atoms with Gasteiger partial charge in [0.15, 0.2) is 0 Å². The third-order valence-corrected chi connectivity index (χ3v) is 5.58. The van der Waals surface area contributed by atoms with E-state index in [1.165, 1.54) is 50.9 Å². The Morgan fingerprint density at radius 3 is 2.58 bits per heavy atom. The standard InChI is InChI=1S/C19H26N2O4S/c1-21(12-18(23)24)19(25)15-9-5-6-10-16(15)26-13-17(22)20-11-14-7-3-2-4-8-14/h5-6,9-10,14H,2-4,7-8,11-13H2,1H3,(H,20,22)(H,23,24). The third kappa shape index (κ3) is 6.37. The van der Waals surface area contributed by atoms with Gasteiger partial charge in [-0.2, -0.15) is 0 Å². The Morgan fingerprint density at radius 1 is 1.19 bits per heavy atom. The molecule has 0 bridgehead atoms. The molecule has 1 fully saturated rings. The zero-order chi connectivity index (χ0) is 18.9. The Balaban J connectivity index is 1.87. The summed E-state index contributed by atoms with van der Waals surface area (Å²) in [6.07, 6.45) is 6.14. The number of benzene rings is 1. The van der Waals surface area contributed by atoms with Gasteiger partial charge in [0.1, 0.15) is 6.54 Å². The molecule has 0 atom stereocenters. The molecule has 2 N–H and O–H groups in total. The number of carboxylic acid groups (broad SMARTS) is 1. The second-order valence-electron chi connectivity index (χ2n) is 6.65. The van der Waals surface area contributed by atoms with Crippen molar-refractivity contribution in [1.29, 1.82) is 0 Å². The van der Waals surface area contributed by atoms with Crippen LogP contribution in [-0.4, -0.2) is 53.7 Å². The molecule has 0 heterocycles. The van der Waals surface area contributed by atoms with Crippen molar-refractivity contribution >= 4 is 29.5 Å². The fourth-order valence-electron chi connectivity index (χ4n) is 3.09. The van der Waals surface area contributed by atoms with Crippen LogP contribution < -0.4 is 5.32 Å². The molecule has 0 aromatic heterocycles. The first-order valence-electron chi connectivity index (χ1n) is 8.93. The average Bonchev–Trinajstić information content (AvgIpc) is 2.64. The van der Waals surface area contributed by atoms with Gasteiger partial charge in [-0.1, -0.05) is 31.4 Å². The van der Waals surface area contributed by atoms with Crippen LogP contribution >= 0.6 is 11.8 Å². The van der Waals surface area contributed by atoms with E-state index in [1.807, 2.05) is 0 Å². The van der Waals surface area contributed by atoms with E-state index in [0.29, 0.717) is 16.4 Å². The lowest BCUT2D eigenvalue weighted by molar-refractivity contribution is -0.137. The number of hydrogen-bond donors (Lipinski definition) is 2. The molecule has 0 saturated heterocycles. The first-order chi connectivity index (χ1) is 12.5. The normalized spacial score (nSPS) is 14.7. The van der Waals surface area contributed by atoms with Crippen molar-refractivity contribution in [3.63, 3.8) is 0 Å². The first kappa shape index (κ1) is 20.3. The number of amides is 2. The van der Waals surface area contributed by atoms with E-state index in [1.54, 1.807) is 24.3 Å². The summed E-state index contributed by atoms with van der Waals surface area (Å²) >= 11 is 1.30. The molecule has 0 aliphatic heterocycles. The van der Waals surface area contributed by atoms with E-state index < -0.39 is 5.97 Å². The highest BCUT2D eigenvalue weighted by atomic mass is 32.2. The van der Waals surface area contributed by atoms with Gasteiger partial charge in [0.25, 0.3) is 5.91 Å². The predicted molar refractivity (Wildman–Crippen MR) is 101 cm³/mol. The summed E-state index contributed by atoms with van der Waals surface area (Å²) in [5.41, 5.74) is 0.418. The quantitative estimate of drug-likeness (QED) is 0.679. The number of rotatable bonds is 8. The van der Waals surface area contributed by atoms with E-state index in [2.05, 4.69) is 5.32 Å². The lowest BCUT2D eigenvalue weighted by atomic mass is 9.89. The summed E-state index contributed by atoms with van der Waals surface area (Å²) in [5.74, 6) is -0.649. The van der Waals surface area contributed by atoms with Crippen molar-refractivity contribution < 1.29 is 19.5 Å². The van der Waals surface area contributed by atoms with E-state index in [9.17, 15) is 14.4 Å². The van der Waals surface area contributed by atoms with Crippen molar-refractivity contribution in [2.24, 2.45) is 5.92 Å². The zero-order valence-corrected chi connectivity index (χ0v) is 15.9.